The van der Waals surface area contributed by atoms with Gasteiger partial charge in [-0.2, -0.15) is 25.3 Å². The molecule has 0 aromatic rings. The predicted molar refractivity (Wildman–Crippen MR) is 55.4 cm³/mol. The molecule has 0 aliphatic heterocycles. The molecule has 0 rings (SSSR count). The lowest BCUT2D eigenvalue weighted by Gasteiger charge is -2.09. The van der Waals surface area contributed by atoms with Gasteiger partial charge in [0.1, 0.15) is 0 Å². The van der Waals surface area contributed by atoms with Gasteiger partial charge in [-0.1, -0.05) is 0 Å². The third-order valence-corrected chi connectivity index (χ3v) is 4.55. The van der Waals surface area contributed by atoms with Crippen molar-refractivity contribution in [2.45, 2.75) is 0 Å². The van der Waals surface area contributed by atoms with Gasteiger partial charge in [-0.05, 0) is 23.0 Å². The average Bonchev–Trinajstić information content (AvgIpc) is 1.68. The number of rotatable bonds is 4. The zero-order valence-corrected chi connectivity index (χ0v) is 8.19. The van der Waals surface area contributed by atoms with Crippen molar-refractivity contribution in [3.63, 3.8) is 0 Å². The average molecular weight is 188 g/mol. The molecular weight excluding hydrogens is 176 g/mol. The summed E-state index contributed by atoms with van der Waals surface area (Å²) in [6.45, 7) is 0. The smallest absolute Gasteiger partial charge is 0.00163 e. The van der Waals surface area contributed by atoms with Crippen LogP contribution in [-0.2, 0) is 0 Å². The first-order chi connectivity index (χ1) is 3.81. The highest BCUT2D eigenvalue weighted by molar-refractivity contribution is 8.78. The first-order valence-electron chi connectivity index (χ1n) is 2.46. The summed E-state index contributed by atoms with van der Waals surface area (Å²) in [5, 5.41) is 0. The van der Waals surface area contributed by atoms with E-state index >= 15 is 0 Å². The Balaban J connectivity index is 2.92. The third kappa shape index (κ3) is 5.54. The Labute approximate surface area is 69.8 Å². The summed E-state index contributed by atoms with van der Waals surface area (Å²) in [7, 11) is -0.0391. The molecule has 0 atom stereocenters. The predicted octanol–water partition coefficient (Wildman–Crippen LogP) is 1.69. The van der Waals surface area contributed by atoms with Gasteiger partial charge >= 0.3 is 0 Å². The Morgan fingerprint density at radius 3 is 1.62 bits per heavy atom. The minimum atomic E-state index is -0.0391. The zero-order chi connectivity index (χ0) is 6.41. The molecule has 0 unspecified atom stereocenters. The molecule has 0 amide bonds. The molecule has 0 nitrogen and oxygen atoms in total. The molecule has 52 valence electrons. The van der Waals surface area contributed by atoms with Crippen molar-refractivity contribution in [1.29, 1.82) is 0 Å². The highest BCUT2D eigenvalue weighted by atomic mass is 33.1. The first-order valence-corrected chi connectivity index (χ1v) is 6.59. The maximum atomic E-state index is 4.36. The van der Waals surface area contributed by atoms with E-state index in [0.717, 1.165) is 23.0 Å². The third-order valence-electron chi connectivity index (χ3n) is 0.716. The second-order valence-corrected chi connectivity index (χ2v) is 5.90. The van der Waals surface area contributed by atoms with Crippen molar-refractivity contribution in [3.05, 3.63) is 0 Å². The van der Waals surface area contributed by atoms with Crippen molar-refractivity contribution in [2.24, 2.45) is 0 Å². The Bertz CT molecular complexity index is 41.3. The second-order valence-electron chi connectivity index (χ2n) is 1.40. The molecule has 0 aromatic carbocycles. The van der Waals surface area contributed by atoms with Gasteiger partial charge < -0.3 is 0 Å². The largest absolute Gasteiger partial charge is 0.206 e. The molecule has 0 aliphatic carbocycles. The van der Waals surface area contributed by atoms with E-state index < -0.39 is 0 Å². The summed E-state index contributed by atoms with van der Waals surface area (Å²) >= 11 is 12.5. The van der Waals surface area contributed by atoms with Crippen LogP contribution in [0.5, 0.6) is 0 Å². The van der Waals surface area contributed by atoms with Gasteiger partial charge in [0.2, 0.25) is 0 Å². The van der Waals surface area contributed by atoms with Crippen molar-refractivity contribution in [1.82, 2.24) is 0 Å². The molecule has 0 fully saturated rings. The van der Waals surface area contributed by atoms with Gasteiger partial charge in [0.05, 0.1) is 0 Å². The van der Waals surface area contributed by atoms with Crippen molar-refractivity contribution in [3.8, 4) is 0 Å². The van der Waals surface area contributed by atoms with Crippen LogP contribution in [0.1, 0.15) is 0 Å². The molecule has 0 saturated heterocycles. The lowest BCUT2D eigenvalue weighted by molar-refractivity contribution is 1.50. The van der Waals surface area contributed by atoms with Crippen LogP contribution in [0, 0.1) is 0 Å². The number of thiol groups is 4. The summed E-state index contributed by atoms with van der Waals surface area (Å²) in [5.41, 5.74) is 0. The molecule has 0 spiro atoms. The molecule has 0 bridgehead atoms. The summed E-state index contributed by atoms with van der Waals surface area (Å²) in [5.74, 6) is 4.23. The van der Waals surface area contributed by atoms with Crippen LogP contribution in [0.25, 0.3) is 0 Å². The van der Waals surface area contributed by atoms with Crippen LogP contribution >= 0.6 is 46.8 Å². The molecule has 0 heterocycles. The fraction of sp³-hybridized carbons (Fsp3) is 1.00. The first kappa shape index (κ1) is 9.40. The van der Waals surface area contributed by atoms with E-state index in [1.807, 2.05) is 0 Å². The molecule has 0 aliphatic rings. The minimum Gasteiger partial charge on any atom is -0.206 e. The summed E-state index contributed by atoms with van der Waals surface area (Å²) < 4.78 is 0. The van der Waals surface area contributed by atoms with E-state index in [4.69, 9.17) is 0 Å². The second kappa shape index (κ2) is 6.52. The van der Waals surface area contributed by atoms with Crippen LogP contribution < -0.4 is 0 Å². The van der Waals surface area contributed by atoms with Crippen molar-refractivity contribution in [2.75, 3.05) is 23.0 Å². The van der Waals surface area contributed by atoms with Crippen LogP contribution in [0.3, 0.4) is 0 Å². The van der Waals surface area contributed by atoms with E-state index in [1.165, 1.54) is 0 Å². The van der Waals surface area contributed by atoms with Gasteiger partial charge in [0.15, 0.2) is 0 Å². The van der Waals surface area contributed by atoms with E-state index in [-0.39, 0.29) is 9.93 Å². The lowest BCUT2D eigenvalue weighted by Crippen LogP contribution is -1.90. The maximum absolute atomic E-state index is 4.36. The van der Waals surface area contributed by atoms with Gasteiger partial charge in [-0.25, -0.2) is 9.93 Å². The molecule has 4 heteroatoms. The molecular formula is C4H12S4. The number of hydrogen-bond acceptors (Lipinski definition) is 3. The standard InChI is InChI=1S/C4H12S4/c5-1-3-8(7)4-2-6/h5-8H,1-4H2. The highest BCUT2D eigenvalue weighted by Crippen LogP contribution is 2.29. The van der Waals surface area contributed by atoms with Gasteiger partial charge in [0.25, 0.3) is 0 Å². The van der Waals surface area contributed by atoms with Crippen LogP contribution in [-0.4, -0.2) is 23.0 Å². The number of hydrogen-bond donors (Lipinski definition) is 4. The summed E-state index contributed by atoms with van der Waals surface area (Å²) in [6, 6.07) is 0. The fourth-order valence-electron chi connectivity index (χ4n) is 0.343. The normalized spacial score (nSPS) is 11.6. The Hall–Kier alpha value is 1.40. The Morgan fingerprint density at radius 2 is 1.38 bits per heavy atom. The quantitative estimate of drug-likeness (QED) is 0.375. The summed E-state index contributed by atoms with van der Waals surface area (Å²) in [6.07, 6.45) is 0. The maximum Gasteiger partial charge on any atom is -0.00163 e. The fourth-order valence-corrected chi connectivity index (χ4v) is 4.02. The molecule has 0 saturated carbocycles. The van der Waals surface area contributed by atoms with Crippen molar-refractivity contribution < 1.29 is 0 Å². The van der Waals surface area contributed by atoms with Gasteiger partial charge in [-0.3, -0.25) is 0 Å². The van der Waals surface area contributed by atoms with Crippen LogP contribution in [0.4, 0.5) is 0 Å². The lowest BCUT2D eigenvalue weighted by atomic mass is 10.9. The van der Waals surface area contributed by atoms with Crippen molar-refractivity contribution >= 4 is 46.8 Å². The van der Waals surface area contributed by atoms with E-state index in [1.54, 1.807) is 0 Å². The minimum absolute atomic E-state index is 0.0391. The van der Waals surface area contributed by atoms with E-state index in [0.29, 0.717) is 0 Å². The summed E-state index contributed by atoms with van der Waals surface area (Å²) in [4.78, 5) is 0. The highest BCUT2D eigenvalue weighted by Gasteiger charge is 1.92. The van der Waals surface area contributed by atoms with E-state index in [9.17, 15) is 0 Å². The van der Waals surface area contributed by atoms with Gasteiger partial charge in [-0.15, -0.1) is 11.7 Å². The van der Waals surface area contributed by atoms with Crippen LogP contribution in [0.15, 0.2) is 0 Å². The molecule has 0 aromatic heterocycles. The van der Waals surface area contributed by atoms with Crippen LogP contribution in [0.2, 0.25) is 0 Å². The van der Waals surface area contributed by atoms with Gasteiger partial charge in [0, 0.05) is 0 Å². The SMILES string of the molecule is SCC[SH](S)CCS. The molecule has 0 radical (unpaired) electrons. The monoisotopic (exact) mass is 188 g/mol. The zero-order valence-electron chi connectivity index (χ0n) is 4.62. The topological polar surface area (TPSA) is 0 Å². The Kier molecular flexibility index (Phi) is 7.66. The van der Waals surface area contributed by atoms with E-state index in [2.05, 4.69) is 36.9 Å². The Morgan fingerprint density at radius 1 is 1.00 bits per heavy atom. The molecule has 8 heavy (non-hydrogen) atoms. The molecule has 0 N–H and O–H groups in total.